The number of nitrogens with zero attached hydrogens (tertiary/aromatic N) is 1. The van der Waals surface area contributed by atoms with Crippen molar-refractivity contribution in [1.29, 1.82) is 5.26 Å². The van der Waals surface area contributed by atoms with E-state index in [0.29, 0.717) is 16.1 Å². The molecule has 0 aliphatic heterocycles. The average molecular weight is 379 g/mol. The number of carbonyl (C=O) groups is 1. The van der Waals surface area contributed by atoms with Crippen molar-refractivity contribution in [3.63, 3.8) is 0 Å². The molecular weight excluding hydrogens is 364 g/mol. The van der Waals surface area contributed by atoms with Crippen molar-refractivity contribution in [2.24, 2.45) is 0 Å². The average Bonchev–Trinajstić information content (AvgIpc) is 2.60. The summed E-state index contributed by atoms with van der Waals surface area (Å²) in [5.41, 5.74) is 1.02. The van der Waals surface area contributed by atoms with Crippen LogP contribution in [0, 0.1) is 11.3 Å². The summed E-state index contributed by atoms with van der Waals surface area (Å²) in [4.78, 5) is 11.8. The minimum Gasteiger partial charge on any atom is -0.461 e. The molecule has 0 heterocycles. The molecule has 25 heavy (non-hydrogen) atoms. The molecule has 0 radical (unpaired) electrons. The number of hydrogen-bond donors (Lipinski definition) is 1. The van der Waals surface area contributed by atoms with Crippen molar-refractivity contribution >= 4 is 27.6 Å². The Hall–Kier alpha value is -2.40. The molecule has 0 aromatic heterocycles. The summed E-state index contributed by atoms with van der Waals surface area (Å²) in [6, 6.07) is 14.6. The molecule has 0 fully saturated rings. The van der Waals surface area contributed by atoms with Crippen LogP contribution in [0.25, 0.3) is 0 Å². The number of benzene rings is 2. The Balaban J connectivity index is 1.83. The van der Waals surface area contributed by atoms with Crippen LogP contribution in [-0.4, -0.2) is 20.9 Å². The number of sulfonamides is 1. The third kappa shape index (κ3) is 5.57. The highest BCUT2D eigenvalue weighted by molar-refractivity contribution is 7.89. The molecular formula is C17H15ClN2O4S. The Kier molecular flexibility index (Phi) is 6.53. The van der Waals surface area contributed by atoms with Crippen molar-refractivity contribution < 1.29 is 17.9 Å². The van der Waals surface area contributed by atoms with Gasteiger partial charge in [-0.3, -0.25) is 4.79 Å². The number of carbonyl (C=O) groups excluding carboxylic acids is 1. The van der Waals surface area contributed by atoms with Crippen LogP contribution in [0.5, 0.6) is 0 Å². The molecule has 0 atom stereocenters. The van der Waals surface area contributed by atoms with Gasteiger partial charge in [-0.2, -0.15) is 5.26 Å². The van der Waals surface area contributed by atoms with E-state index in [-0.39, 0.29) is 24.5 Å². The van der Waals surface area contributed by atoms with Gasteiger partial charge < -0.3 is 4.74 Å². The first-order chi connectivity index (χ1) is 11.9. The molecule has 130 valence electrons. The lowest BCUT2D eigenvalue weighted by Crippen LogP contribution is -2.26. The highest BCUT2D eigenvalue weighted by Gasteiger charge is 2.15. The molecule has 2 aromatic rings. The minimum atomic E-state index is -3.74. The molecule has 8 heteroatoms. The quantitative estimate of drug-likeness (QED) is 0.747. The maximum absolute atomic E-state index is 12.1. The third-order valence-corrected chi connectivity index (χ3v) is 4.95. The van der Waals surface area contributed by atoms with Crippen LogP contribution < -0.4 is 4.72 Å². The number of halogens is 1. The Labute approximate surface area is 151 Å². The van der Waals surface area contributed by atoms with Crippen LogP contribution in [0.2, 0.25) is 5.02 Å². The molecule has 0 aliphatic rings. The Bertz CT molecular complexity index is 907. The smallest absolute Gasteiger partial charge is 0.307 e. The molecule has 1 N–H and O–H groups in total. The van der Waals surface area contributed by atoms with Gasteiger partial charge in [-0.05, 0) is 24.3 Å². The molecule has 2 aromatic carbocycles. The monoisotopic (exact) mass is 378 g/mol. The molecule has 0 saturated carbocycles. The minimum absolute atomic E-state index is 0.0244. The first kappa shape index (κ1) is 18.9. The van der Waals surface area contributed by atoms with Crippen molar-refractivity contribution in [2.45, 2.75) is 17.9 Å². The van der Waals surface area contributed by atoms with Gasteiger partial charge in [-0.15, -0.1) is 0 Å². The van der Waals surface area contributed by atoms with E-state index in [2.05, 4.69) is 4.72 Å². The Morgan fingerprint density at radius 3 is 2.68 bits per heavy atom. The van der Waals surface area contributed by atoms with Crippen LogP contribution in [0.1, 0.15) is 17.5 Å². The molecule has 0 aliphatic carbocycles. The van der Waals surface area contributed by atoms with E-state index in [9.17, 15) is 13.2 Å². The van der Waals surface area contributed by atoms with Crippen LogP contribution in [0.3, 0.4) is 0 Å². The predicted octanol–water partition coefficient (Wildman–Crippen LogP) is 2.62. The molecule has 0 unspecified atom stereocenters. The van der Waals surface area contributed by atoms with Crippen LogP contribution >= 0.6 is 11.6 Å². The van der Waals surface area contributed by atoms with Crippen molar-refractivity contribution in [3.8, 4) is 6.07 Å². The van der Waals surface area contributed by atoms with Gasteiger partial charge in [0.1, 0.15) is 6.61 Å². The lowest BCUT2D eigenvalue weighted by Gasteiger charge is -2.08. The normalized spacial score (nSPS) is 10.9. The Morgan fingerprint density at radius 1 is 1.20 bits per heavy atom. The van der Waals surface area contributed by atoms with E-state index >= 15 is 0 Å². The zero-order valence-electron chi connectivity index (χ0n) is 13.1. The zero-order chi connectivity index (χ0) is 18.3. The van der Waals surface area contributed by atoms with Gasteiger partial charge in [0.2, 0.25) is 10.0 Å². The van der Waals surface area contributed by atoms with E-state index in [4.69, 9.17) is 21.6 Å². The standard InChI is InChI=1S/C17H15ClN2O4S/c18-15-6-3-7-16(10-15)25(22,23)20-9-8-17(21)24-12-14-5-2-1-4-13(14)11-19/h1-7,10,20H,8-9,12H2. The van der Waals surface area contributed by atoms with Gasteiger partial charge in [-0.25, -0.2) is 13.1 Å². The lowest BCUT2D eigenvalue weighted by atomic mass is 10.1. The van der Waals surface area contributed by atoms with E-state index in [1.807, 2.05) is 6.07 Å². The summed E-state index contributed by atoms with van der Waals surface area (Å²) in [7, 11) is -3.74. The highest BCUT2D eigenvalue weighted by atomic mass is 35.5. The summed E-state index contributed by atoms with van der Waals surface area (Å²) < 4.78 is 31.5. The maximum atomic E-state index is 12.1. The summed E-state index contributed by atoms with van der Waals surface area (Å²) >= 11 is 5.77. The molecule has 0 spiro atoms. The number of ether oxygens (including phenoxy) is 1. The van der Waals surface area contributed by atoms with Crippen molar-refractivity contribution in [1.82, 2.24) is 4.72 Å². The summed E-state index contributed by atoms with van der Waals surface area (Å²) in [6.45, 7) is -0.142. The predicted molar refractivity (Wildman–Crippen MR) is 92.2 cm³/mol. The molecule has 0 saturated heterocycles. The second-order valence-electron chi connectivity index (χ2n) is 5.03. The number of nitrogens with one attached hydrogen (secondary N) is 1. The van der Waals surface area contributed by atoms with Gasteiger partial charge in [0, 0.05) is 17.1 Å². The summed E-state index contributed by atoms with van der Waals surface area (Å²) in [5, 5.41) is 9.27. The fraction of sp³-hybridized carbons (Fsp3) is 0.176. The van der Waals surface area contributed by atoms with E-state index in [1.165, 1.54) is 18.2 Å². The fourth-order valence-electron chi connectivity index (χ4n) is 1.99. The number of nitriles is 1. The van der Waals surface area contributed by atoms with Gasteiger partial charge in [-0.1, -0.05) is 35.9 Å². The number of esters is 1. The molecule has 0 amide bonds. The van der Waals surface area contributed by atoms with Crippen LogP contribution in [0.4, 0.5) is 0 Å². The first-order valence-electron chi connectivity index (χ1n) is 7.31. The molecule has 2 rings (SSSR count). The lowest BCUT2D eigenvalue weighted by molar-refractivity contribution is -0.144. The van der Waals surface area contributed by atoms with E-state index in [0.717, 1.165) is 0 Å². The summed E-state index contributed by atoms with van der Waals surface area (Å²) in [6.07, 6.45) is -0.130. The van der Waals surface area contributed by atoms with Crippen molar-refractivity contribution in [2.75, 3.05) is 6.54 Å². The molecule has 6 nitrogen and oxygen atoms in total. The second-order valence-corrected chi connectivity index (χ2v) is 7.24. The first-order valence-corrected chi connectivity index (χ1v) is 9.17. The van der Waals surface area contributed by atoms with Crippen molar-refractivity contribution in [3.05, 3.63) is 64.7 Å². The van der Waals surface area contributed by atoms with Gasteiger partial charge >= 0.3 is 5.97 Å². The number of rotatable bonds is 7. The molecule has 0 bridgehead atoms. The Morgan fingerprint density at radius 2 is 1.96 bits per heavy atom. The van der Waals surface area contributed by atoms with E-state index < -0.39 is 16.0 Å². The SMILES string of the molecule is N#Cc1ccccc1COC(=O)CCNS(=O)(=O)c1cccc(Cl)c1. The second kappa shape index (κ2) is 8.62. The van der Waals surface area contributed by atoms with Gasteiger partial charge in [0.15, 0.2) is 0 Å². The largest absolute Gasteiger partial charge is 0.461 e. The zero-order valence-corrected chi connectivity index (χ0v) is 14.7. The van der Waals surface area contributed by atoms with Crippen LogP contribution in [-0.2, 0) is 26.2 Å². The number of hydrogen-bond acceptors (Lipinski definition) is 5. The van der Waals surface area contributed by atoms with Crippen LogP contribution in [0.15, 0.2) is 53.4 Å². The topological polar surface area (TPSA) is 96.3 Å². The van der Waals surface area contributed by atoms with Gasteiger partial charge in [0.05, 0.1) is 22.9 Å². The summed E-state index contributed by atoms with van der Waals surface area (Å²) in [5.74, 6) is -0.568. The maximum Gasteiger partial charge on any atom is 0.307 e. The van der Waals surface area contributed by atoms with E-state index in [1.54, 1.807) is 30.3 Å². The fourth-order valence-corrected chi connectivity index (χ4v) is 3.32. The third-order valence-electron chi connectivity index (χ3n) is 3.25. The highest BCUT2D eigenvalue weighted by Crippen LogP contribution is 2.15. The van der Waals surface area contributed by atoms with Gasteiger partial charge in [0.25, 0.3) is 0 Å².